The highest BCUT2D eigenvalue weighted by Crippen LogP contribution is 2.34. The molecule has 3 aromatic heterocycles. The Bertz CT molecular complexity index is 936. The molecule has 3 aromatic rings. The Labute approximate surface area is 148 Å². The SMILES string of the molecule is Cc1nnc2sc(C(=O)NCc3ccc(C(C)F)nc3)c(N)c2c1C. The van der Waals surface area contributed by atoms with Gasteiger partial charge >= 0.3 is 0 Å². The number of alkyl halides is 1. The predicted octanol–water partition coefficient (Wildman–Crippen LogP) is 3.25. The topological polar surface area (TPSA) is 93.8 Å². The van der Waals surface area contributed by atoms with Gasteiger partial charge in [-0.1, -0.05) is 6.07 Å². The maximum Gasteiger partial charge on any atom is 0.263 e. The average molecular weight is 359 g/mol. The number of thiophene rings is 1. The van der Waals surface area contributed by atoms with Crippen LogP contribution in [0.15, 0.2) is 18.3 Å². The molecule has 0 saturated heterocycles. The Kier molecular flexibility index (Phi) is 4.63. The molecule has 6 nitrogen and oxygen atoms in total. The molecule has 1 atom stereocenters. The number of nitrogens with one attached hydrogen (secondary N) is 1. The van der Waals surface area contributed by atoms with Gasteiger partial charge in [0.1, 0.15) is 15.9 Å². The monoisotopic (exact) mass is 359 g/mol. The van der Waals surface area contributed by atoms with Crippen molar-refractivity contribution in [2.24, 2.45) is 0 Å². The largest absolute Gasteiger partial charge is 0.397 e. The third-order valence-corrected chi connectivity index (χ3v) is 5.14. The molecule has 25 heavy (non-hydrogen) atoms. The Balaban J connectivity index is 1.78. The Morgan fingerprint density at radius 1 is 1.36 bits per heavy atom. The van der Waals surface area contributed by atoms with Crippen LogP contribution in [0.3, 0.4) is 0 Å². The zero-order valence-electron chi connectivity index (χ0n) is 14.1. The number of pyridine rings is 1. The molecule has 0 aliphatic carbocycles. The molecule has 0 bridgehead atoms. The van der Waals surface area contributed by atoms with Crippen molar-refractivity contribution in [1.29, 1.82) is 0 Å². The van der Waals surface area contributed by atoms with E-state index >= 15 is 0 Å². The summed E-state index contributed by atoms with van der Waals surface area (Å²) in [7, 11) is 0. The predicted molar refractivity (Wildman–Crippen MR) is 96.2 cm³/mol. The van der Waals surface area contributed by atoms with Gasteiger partial charge in [-0.05, 0) is 38.0 Å². The Hall–Kier alpha value is -2.61. The number of carbonyl (C=O) groups is 1. The number of fused-ring (bicyclic) bond motifs is 1. The van der Waals surface area contributed by atoms with Crippen LogP contribution in [0, 0.1) is 13.8 Å². The Morgan fingerprint density at radius 3 is 2.76 bits per heavy atom. The van der Waals surface area contributed by atoms with Gasteiger partial charge < -0.3 is 11.1 Å². The van der Waals surface area contributed by atoms with Gasteiger partial charge in [-0.2, -0.15) is 5.10 Å². The molecule has 130 valence electrons. The molecular formula is C17H18FN5OS. The highest BCUT2D eigenvalue weighted by Gasteiger charge is 2.19. The van der Waals surface area contributed by atoms with Crippen molar-refractivity contribution in [3.8, 4) is 0 Å². The number of hydrogen-bond donors (Lipinski definition) is 2. The lowest BCUT2D eigenvalue weighted by atomic mass is 10.1. The third-order valence-electron chi connectivity index (χ3n) is 4.05. The number of nitrogens with zero attached hydrogens (tertiary/aromatic N) is 3. The number of carbonyl (C=O) groups excluding carboxylic acids is 1. The van der Waals surface area contributed by atoms with Gasteiger partial charge in [0.15, 0.2) is 0 Å². The van der Waals surface area contributed by atoms with Gasteiger partial charge in [0.2, 0.25) is 0 Å². The summed E-state index contributed by atoms with van der Waals surface area (Å²) < 4.78 is 13.2. The van der Waals surface area contributed by atoms with E-state index < -0.39 is 6.17 Å². The van der Waals surface area contributed by atoms with Crippen molar-refractivity contribution >= 4 is 33.1 Å². The van der Waals surface area contributed by atoms with E-state index in [0.717, 1.165) is 22.2 Å². The molecule has 0 radical (unpaired) electrons. The smallest absolute Gasteiger partial charge is 0.263 e. The second-order valence-electron chi connectivity index (χ2n) is 5.83. The minimum absolute atomic E-state index is 0.277. The van der Waals surface area contributed by atoms with Crippen LogP contribution in [-0.4, -0.2) is 21.1 Å². The molecule has 1 amide bonds. The van der Waals surface area contributed by atoms with Crippen molar-refractivity contribution < 1.29 is 9.18 Å². The number of nitrogens with two attached hydrogens (primary N) is 1. The average Bonchev–Trinajstić information content (AvgIpc) is 2.94. The number of amides is 1. The second kappa shape index (κ2) is 6.72. The molecule has 0 aliphatic rings. The van der Waals surface area contributed by atoms with Crippen molar-refractivity contribution in [3.05, 3.63) is 45.7 Å². The fourth-order valence-corrected chi connectivity index (χ4v) is 3.46. The standard InChI is InChI=1S/C17H18FN5OS/c1-8-10(3)22-23-17-13(8)14(19)15(25-17)16(24)21-7-11-4-5-12(9(2)18)20-6-11/h4-6,9H,7,19H2,1-3H3,(H,21,24). The summed E-state index contributed by atoms with van der Waals surface area (Å²) in [4.78, 5) is 17.6. The van der Waals surface area contributed by atoms with Crippen molar-refractivity contribution in [1.82, 2.24) is 20.5 Å². The maximum atomic E-state index is 13.2. The van der Waals surface area contributed by atoms with Crippen molar-refractivity contribution in [3.63, 3.8) is 0 Å². The highest BCUT2D eigenvalue weighted by atomic mass is 32.1. The maximum absolute atomic E-state index is 13.2. The molecule has 8 heteroatoms. The molecule has 1 unspecified atom stereocenters. The molecule has 3 rings (SSSR count). The Morgan fingerprint density at radius 2 is 2.12 bits per heavy atom. The number of halogens is 1. The van der Waals surface area contributed by atoms with Crippen LogP contribution in [-0.2, 0) is 6.54 Å². The van der Waals surface area contributed by atoms with Crippen molar-refractivity contribution in [2.45, 2.75) is 33.5 Å². The van der Waals surface area contributed by atoms with Crippen LogP contribution >= 0.6 is 11.3 Å². The van der Waals surface area contributed by atoms with Crippen LogP contribution in [0.25, 0.3) is 10.2 Å². The number of aryl methyl sites for hydroxylation is 2. The summed E-state index contributed by atoms with van der Waals surface area (Å²) in [5.74, 6) is -0.277. The molecule has 0 aliphatic heterocycles. The van der Waals surface area contributed by atoms with Gasteiger partial charge in [-0.25, -0.2) is 4.39 Å². The lowest BCUT2D eigenvalue weighted by molar-refractivity contribution is 0.0956. The molecule has 0 aromatic carbocycles. The molecule has 0 spiro atoms. The first-order valence-corrected chi connectivity index (χ1v) is 8.59. The van der Waals surface area contributed by atoms with Gasteiger partial charge in [0.05, 0.1) is 17.1 Å². The molecule has 3 heterocycles. The van der Waals surface area contributed by atoms with E-state index in [1.807, 2.05) is 13.8 Å². The molecule has 0 fully saturated rings. The van der Waals surface area contributed by atoms with E-state index in [1.54, 1.807) is 18.3 Å². The minimum atomic E-state index is -1.12. The van der Waals surface area contributed by atoms with E-state index in [0.29, 0.717) is 21.1 Å². The third kappa shape index (κ3) is 3.30. The number of hydrogen-bond acceptors (Lipinski definition) is 6. The van der Waals surface area contributed by atoms with Crippen LogP contribution in [0.1, 0.15) is 45.3 Å². The molecular weight excluding hydrogens is 341 g/mol. The number of anilines is 1. The lowest BCUT2D eigenvalue weighted by Gasteiger charge is -2.06. The molecule has 3 N–H and O–H groups in total. The van der Waals surface area contributed by atoms with Gasteiger partial charge in [-0.3, -0.25) is 9.78 Å². The van der Waals surface area contributed by atoms with E-state index in [4.69, 9.17) is 5.73 Å². The summed E-state index contributed by atoms with van der Waals surface area (Å²) in [6.45, 7) is 5.48. The number of nitrogen functional groups attached to an aromatic ring is 1. The lowest BCUT2D eigenvalue weighted by Crippen LogP contribution is -2.22. The zero-order chi connectivity index (χ0) is 18.1. The van der Waals surface area contributed by atoms with E-state index in [-0.39, 0.29) is 12.5 Å². The van der Waals surface area contributed by atoms with Crippen LogP contribution in [0.5, 0.6) is 0 Å². The quantitative estimate of drug-likeness (QED) is 0.746. The summed E-state index contributed by atoms with van der Waals surface area (Å²) in [6.07, 6.45) is 0.439. The van der Waals surface area contributed by atoms with Crippen LogP contribution in [0.4, 0.5) is 10.1 Å². The molecule has 0 saturated carbocycles. The van der Waals surface area contributed by atoms with E-state index in [9.17, 15) is 9.18 Å². The summed E-state index contributed by atoms with van der Waals surface area (Å²) in [5, 5.41) is 11.8. The van der Waals surface area contributed by atoms with Crippen LogP contribution < -0.4 is 11.1 Å². The zero-order valence-corrected chi connectivity index (χ0v) is 14.9. The van der Waals surface area contributed by atoms with E-state index in [1.165, 1.54) is 18.3 Å². The summed E-state index contributed by atoms with van der Waals surface area (Å²) in [6, 6.07) is 3.35. The first-order chi connectivity index (χ1) is 11.9. The minimum Gasteiger partial charge on any atom is -0.397 e. The van der Waals surface area contributed by atoms with E-state index in [2.05, 4.69) is 20.5 Å². The van der Waals surface area contributed by atoms with Crippen LogP contribution in [0.2, 0.25) is 0 Å². The van der Waals surface area contributed by atoms with Crippen molar-refractivity contribution in [2.75, 3.05) is 5.73 Å². The first-order valence-electron chi connectivity index (χ1n) is 7.77. The summed E-state index contributed by atoms with van der Waals surface area (Å²) in [5.41, 5.74) is 9.45. The normalized spacial score (nSPS) is 12.3. The first kappa shape index (κ1) is 17.2. The number of rotatable bonds is 4. The van der Waals surface area contributed by atoms with Gasteiger partial charge in [-0.15, -0.1) is 16.4 Å². The summed E-state index contributed by atoms with van der Waals surface area (Å²) >= 11 is 1.22. The van der Waals surface area contributed by atoms with Gasteiger partial charge in [0.25, 0.3) is 5.91 Å². The fraction of sp³-hybridized carbons (Fsp3) is 0.294. The number of aromatic nitrogens is 3. The fourth-order valence-electron chi connectivity index (χ4n) is 2.45. The second-order valence-corrected chi connectivity index (χ2v) is 6.82. The van der Waals surface area contributed by atoms with Gasteiger partial charge in [0, 0.05) is 18.1 Å². The highest BCUT2D eigenvalue weighted by molar-refractivity contribution is 7.21.